The highest BCUT2D eigenvalue weighted by atomic mass is 16.5. The van der Waals surface area contributed by atoms with Crippen LogP contribution in [0, 0.1) is 0 Å². The second-order valence-corrected chi connectivity index (χ2v) is 5.49. The molecule has 0 aliphatic heterocycles. The van der Waals surface area contributed by atoms with Gasteiger partial charge in [0.1, 0.15) is 5.60 Å². The number of carbonyl (C=O) groups is 1. The summed E-state index contributed by atoms with van der Waals surface area (Å²) in [6.45, 7) is 2.56. The highest BCUT2D eigenvalue weighted by molar-refractivity contribution is 6.12. The van der Waals surface area contributed by atoms with Gasteiger partial charge in [-0.15, -0.1) is 0 Å². The molecule has 0 N–H and O–H groups in total. The van der Waals surface area contributed by atoms with Crippen LogP contribution >= 0.6 is 0 Å². The van der Waals surface area contributed by atoms with Gasteiger partial charge in [-0.05, 0) is 43.4 Å². The van der Waals surface area contributed by atoms with E-state index in [9.17, 15) is 4.79 Å². The zero-order chi connectivity index (χ0) is 14.0. The maximum atomic E-state index is 13.0. The van der Waals surface area contributed by atoms with Crippen LogP contribution in [0.3, 0.4) is 0 Å². The van der Waals surface area contributed by atoms with Crippen LogP contribution in [-0.2, 0) is 4.74 Å². The van der Waals surface area contributed by atoms with Crippen LogP contribution in [0.2, 0.25) is 0 Å². The molecular formula is C18H20O2. The van der Waals surface area contributed by atoms with Crippen molar-refractivity contribution in [2.24, 2.45) is 0 Å². The van der Waals surface area contributed by atoms with Crippen molar-refractivity contribution in [2.75, 3.05) is 6.61 Å². The average Bonchev–Trinajstić information content (AvgIpc) is 2.96. The molecule has 0 bridgehead atoms. The summed E-state index contributed by atoms with van der Waals surface area (Å²) in [6.07, 6.45) is 3.86. The van der Waals surface area contributed by atoms with Gasteiger partial charge in [0.05, 0.1) is 0 Å². The van der Waals surface area contributed by atoms with Crippen molar-refractivity contribution < 1.29 is 9.53 Å². The van der Waals surface area contributed by atoms with Crippen LogP contribution in [0.5, 0.6) is 0 Å². The van der Waals surface area contributed by atoms with Gasteiger partial charge < -0.3 is 4.74 Å². The van der Waals surface area contributed by atoms with Crippen LogP contribution in [0.1, 0.15) is 43.0 Å². The summed E-state index contributed by atoms with van der Waals surface area (Å²) in [5.41, 5.74) is 0.220. The van der Waals surface area contributed by atoms with Crippen LogP contribution in [-0.4, -0.2) is 18.0 Å². The molecule has 0 heterocycles. The molecule has 0 aromatic heterocycles. The molecule has 2 aromatic rings. The molecule has 0 saturated heterocycles. The van der Waals surface area contributed by atoms with E-state index in [1.807, 2.05) is 49.4 Å². The zero-order valence-electron chi connectivity index (χ0n) is 11.9. The van der Waals surface area contributed by atoms with E-state index >= 15 is 0 Å². The number of carbonyl (C=O) groups excluding carboxylic acids is 1. The Balaban J connectivity index is 2.08. The fourth-order valence-electron chi connectivity index (χ4n) is 3.33. The summed E-state index contributed by atoms with van der Waals surface area (Å²) in [7, 11) is 0. The number of rotatable bonds is 4. The van der Waals surface area contributed by atoms with Crippen molar-refractivity contribution >= 4 is 16.6 Å². The Hall–Kier alpha value is -1.67. The summed E-state index contributed by atoms with van der Waals surface area (Å²) < 4.78 is 5.91. The quantitative estimate of drug-likeness (QED) is 0.769. The Morgan fingerprint density at radius 3 is 2.55 bits per heavy atom. The van der Waals surface area contributed by atoms with E-state index in [2.05, 4.69) is 0 Å². The molecule has 1 fully saturated rings. The van der Waals surface area contributed by atoms with Gasteiger partial charge in [-0.25, -0.2) is 0 Å². The highest BCUT2D eigenvalue weighted by Crippen LogP contribution is 2.37. The van der Waals surface area contributed by atoms with Crippen molar-refractivity contribution in [1.82, 2.24) is 0 Å². The Morgan fingerprint density at radius 2 is 1.80 bits per heavy atom. The van der Waals surface area contributed by atoms with Gasteiger partial charge >= 0.3 is 0 Å². The van der Waals surface area contributed by atoms with Gasteiger partial charge in [0.25, 0.3) is 0 Å². The largest absolute Gasteiger partial charge is 0.367 e. The zero-order valence-corrected chi connectivity index (χ0v) is 11.9. The molecule has 0 spiro atoms. The molecule has 1 aliphatic carbocycles. The van der Waals surface area contributed by atoms with Gasteiger partial charge in [0.15, 0.2) is 5.78 Å². The van der Waals surface area contributed by atoms with E-state index in [-0.39, 0.29) is 5.78 Å². The number of fused-ring (bicyclic) bond motifs is 1. The first-order valence-corrected chi connectivity index (χ1v) is 7.43. The van der Waals surface area contributed by atoms with Crippen molar-refractivity contribution in [3.05, 3.63) is 48.0 Å². The lowest BCUT2D eigenvalue weighted by Gasteiger charge is -2.27. The number of hydrogen-bond acceptors (Lipinski definition) is 2. The second-order valence-electron chi connectivity index (χ2n) is 5.49. The molecule has 20 heavy (non-hydrogen) atoms. The molecule has 1 saturated carbocycles. The normalized spacial score (nSPS) is 17.4. The smallest absolute Gasteiger partial charge is 0.195 e. The van der Waals surface area contributed by atoms with Crippen LogP contribution in [0.25, 0.3) is 10.8 Å². The van der Waals surface area contributed by atoms with E-state index in [1.54, 1.807) is 0 Å². The fraction of sp³-hybridized carbons (Fsp3) is 0.389. The van der Waals surface area contributed by atoms with Gasteiger partial charge in [-0.1, -0.05) is 42.5 Å². The molecule has 2 nitrogen and oxygen atoms in total. The lowest BCUT2D eigenvalue weighted by atomic mass is 9.88. The number of ether oxygens (including phenoxy) is 1. The first kappa shape index (κ1) is 13.3. The van der Waals surface area contributed by atoms with E-state index in [4.69, 9.17) is 4.74 Å². The third-order valence-corrected chi connectivity index (χ3v) is 4.28. The molecule has 0 unspecified atom stereocenters. The first-order valence-electron chi connectivity index (χ1n) is 7.43. The highest BCUT2D eigenvalue weighted by Gasteiger charge is 2.42. The van der Waals surface area contributed by atoms with Gasteiger partial charge in [-0.3, -0.25) is 4.79 Å². The molecule has 3 rings (SSSR count). The lowest BCUT2D eigenvalue weighted by molar-refractivity contribution is -0.0162. The Morgan fingerprint density at radius 1 is 1.10 bits per heavy atom. The minimum Gasteiger partial charge on any atom is -0.367 e. The number of ketones is 1. The Bertz CT molecular complexity index is 619. The number of Topliss-reactive ketones (excluding diaryl/α,β-unsaturated/α-hetero) is 1. The number of benzene rings is 2. The molecule has 0 radical (unpaired) electrons. The SMILES string of the molecule is CCOC1(C(=O)c2cccc3ccccc23)CCCC1. The average molecular weight is 268 g/mol. The van der Waals surface area contributed by atoms with Crippen molar-refractivity contribution in [3.8, 4) is 0 Å². The summed E-state index contributed by atoms with van der Waals surface area (Å²) in [6, 6.07) is 14.0. The van der Waals surface area contributed by atoms with Crippen LogP contribution in [0.4, 0.5) is 0 Å². The lowest BCUT2D eigenvalue weighted by Crippen LogP contribution is -2.39. The predicted molar refractivity (Wildman–Crippen MR) is 81.1 cm³/mol. The van der Waals surface area contributed by atoms with E-state index in [0.29, 0.717) is 6.61 Å². The number of hydrogen-bond donors (Lipinski definition) is 0. The molecular weight excluding hydrogens is 248 g/mol. The van der Waals surface area contributed by atoms with E-state index < -0.39 is 5.60 Å². The van der Waals surface area contributed by atoms with Gasteiger partial charge in [-0.2, -0.15) is 0 Å². The third-order valence-electron chi connectivity index (χ3n) is 4.28. The minimum absolute atomic E-state index is 0.161. The molecule has 0 amide bonds. The fourth-order valence-corrected chi connectivity index (χ4v) is 3.33. The van der Waals surface area contributed by atoms with Crippen LogP contribution < -0.4 is 0 Å². The van der Waals surface area contributed by atoms with Gasteiger partial charge in [0.2, 0.25) is 0 Å². The van der Waals surface area contributed by atoms with Gasteiger partial charge in [0, 0.05) is 12.2 Å². The topological polar surface area (TPSA) is 26.3 Å². The van der Waals surface area contributed by atoms with Crippen LogP contribution in [0.15, 0.2) is 42.5 Å². The third kappa shape index (κ3) is 2.14. The maximum Gasteiger partial charge on any atom is 0.195 e. The summed E-state index contributed by atoms with van der Waals surface area (Å²) in [4.78, 5) is 13.0. The van der Waals surface area contributed by atoms with Crippen molar-refractivity contribution in [3.63, 3.8) is 0 Å². The standard InChI is InChI=1S/C18H20O2/c1-2-20-18(12-5-6-13-18)17(19)16-11-7-9-14-8-3-4-10-15(14)16/h3-4,7-11H,2,5-6,12-13H2,1H3. The van der Waals surface area contributed by atoms with E-state index in [0.717, 1.165) is 42.0 Å². The molecule has 0 atom stereocenters. The summed E-state index contributed by atoms with van der Waals surface area (Å²) >= 11 is 0. The van der Waals surface area contributed by atoms with Crippen molar-refractivity contribution in [2.45, 2.75) is 38.2 Å². The monoisotopic (exact) mass is 268 g/mol. The first-order chi connectivity index (χ1) is 9.77. The minimum atomic E-state index is -0.584. The molecule has 2 aromatic carbocycles. The summed E-state index contributed by atoms with van der Waals surface area (Å²) in [5.74, 6) is 0.161. The maximum absolute atomic E-state index is 13.0. The van der Waals surface area contributed by atoms with E-state index in [1.165, 1.54) is 0 Å². The second kappa shape index (κ2) is 5.37. The van der Waals surface area contributed by atoms with Crippen molar-refractivity contribution in [1.29, 1.82) is 0 Å². The predicted octanol–water partition coefficient (Wildman–Crippen LogP) is 4.37. The Labute approximate surface area is 119 Å². The Kier molecular flexibility index (Phi) is 3.58. The molecule has 2 heteroatoms. The molecule has 104 valence electrons. The summed E-state index contributed by atoms with van der Waals surface area (Å²) in [5, 5.41) is 2.15. The molecule has 1 aliphatic rings.